The van der Waals surface area contributed by atoms with Crippen molar-refractivity contribution in [3.05, 3.63) is 223 Å². The Bertz CT molecular complexity index is 3330. The molecule has 0 spiro atoms. The van der Waals surface area contributed by atoms with Crippen molar-refractivity contribution in [1.29, 1.82) is 0 Å². The lowest BCUT2D eigenvalue weighted by molar-refractivity contribution is 0.590. The minimum Gasteiger partial charge on any atom is -0.456 e. The van der Waals surface area contributed by atoms with Crippen LogP contribution in [-0.2, 0) is 10.8 Å². The van der Waals surface area contributed by atoms with Gasteiger partial charge >= 0.3 is 0 Å². The zero-order chi connectivity index (χ0) is 42.9. The lowest BCUT2D eigenvalue weighted by atomic mass is 9.81. The molecule has 0 amide bonds. The largest absolute Gasteiger partial charge is 0.456 e. The van der Waals surface area contributed by atoms with Crippen LogP contribution in [0.15, 0.2) is 211 Å². The monoisotopic (exact) mass is 811 g/mol. The number of nitrogens with zero attached hydrogens (tertiary/aromatic N) is 1. The summed E-state index contributed by atoms with van der Waals surface area (Å²) in [6, 6.07) is 75.5. The smallest absolute Gasteiger partial charge is 0.136 e. The number of hydrogen-bond donors (Lipinski definition) is 0. The molecule has 2 nitrogen and oxygen atoms in total. The normalized spacial score (nSPS) is 13.0. The second-order valence-electron chi connectivity index (χ2n) is 18.6. The highest BCUT2D eigenvalue weighted by Crippen LogP contribution is 2.52. The van der Waals surface area contributed by atoms with Gasteiger partial charge in [-0.05, 0) is 127 Å². The van der Waals surface area contributed by atoms with E-state index in [1.807, 2.05) is 6.07 Å². The van der Waals surface area contributed by atoms with Gasteiger partial charge in [-0.2, -0.15) is 0 Å². The van der Waals surface area contributed by atoms with Crippen molar-refractivity contribution in [2.24, 2.45) is 0 Å². The predicted octanol–water partition coefficient (Wildman–Crippen LogP) is 17.3. The van der Waals surface area contributed by atoms with Crippen molar-refractivity contribution < 1.29 is 4.42 Å². The van der Waals surface area contributed by atoms with E-state index in [1.54, 1.807) is 0 Å². The van der Waals surface area contributed by atoms with E-state index in [4.69, 9.17) is 4.42 Å². The van der Waals surface area contributed by atoms with Crippen LogP contribution in [0.5, 0.6) is 0 Å². The van der Waals surface area contributed by atoms with Crippen LogP contribution in [0.2, 0.25) is 0 Å². The Morgan fingerprint density at radius 1 is 0.397 bits per heavy atom. The summed E-state index contributed by atoms with van der Waals surface area (Å²) in [6.45, 7) is 11.6. The maximum absolute atomic E-state index is 6.34. The number of benzene rings is 9. The van der Waals surface area contributed by atoms with Crippen molar-refractivity contribution in [3.8, 4) is 55.6 Å². The SMILES string of the molecule is CC(C)(C)c1ccc(-c2ccc3c(c2)C(C)(C)c2ccc(-c4ccccc4N(c4ccc(-c5ccccc5)cc4)c4cccc(-c5cccc6oc7ccccc7c56)c4)cc2-3)cc1. The third kappa shape index (κ3) is 6.65. The van der Waals surface area contributed by atoms with Gasteiger partial charge in [0.2, 0.25) is 0 Å². The Hall–Kier alpha value is -7.42. The third-order valence-electron chi connectivity index (χ3n) is 13.3. The maximum atomic E-state index is 6.34. The molecule has 9 aromatic carbocycles. The molecule has 1 heterocycles. The second kappa shape index (κ2) is 14.9. The molecule has 0 aliphatic heterocycles. The van der Waals surface area contributed by atoms with Gasteiger partial charge < -0.3 is 9.32 Å². The van der Waals surface area contributed by atoms with Gasteiger partial charge in [-0.1, -0.05) is 186 Å². The van der Waals surface area contributed by atoms with Crippen LogP contribution in [0.25, 0.3) is 77.6 Å². The first-order valence-electron chi connectivity index (χ1n) is 22.1. The van der Waals surface area contributed by atoms with E-state index < -0.39 is 0 Å². The molecule has 1 aliphatic carbocycles. The van der Waals surface area contributed by atoms with Crippen LogP contribution in [-0.4, -0.2) is 0 Å². The lowest BCUT2D eigenvalue weighted by Crippen LogP contribution is -2.15. The second-order valence-corrected chi connectivity index (χ2v) is 18.6. The summed E-state index contributed by atoms with van der Waals surface area (Å²) in [6.07, 6.45) is 0. The third-order valence-corrected chi connectivity index (χ3v) is 13.3. The molecule has 0 atom stereocenters. The average molecular weight is 812 g/mol. The number of rotatable bonds is 7. The summed E-state index contributed by atoms with van der Waals surface area (Å²) in [5, 5.41) is 2.26. The molecular formula is C61H49NO. The zero-order valence-corrected chi connectivity index (χ0v) is 36.5. The Balaban J connectivity index is 1.04. The molecule has 0 radical (unpaired) electrons. The molecular weight excluding hydrogens is 763 g/mol. The van der Waals surface area contributed by atoms with E-state index in [1.165, 1.54) is 61.2 Å². The van der Waals surface area contributed by atoms with E-state index in [-0.39, 0.29) is 10.8 Å². The molecule has 0 saturated carbocycles. The summed E-state index contributed by atoms with van der Waals surface area (Å²) >= 11 is 0. The van der Waals surface area contributed by atoms with Crippen molar-refractivity contribution in [3.63, 3.8) is 0 Å². The summed E-state index contributed by atoms with van der Waals surface area (Å²) in [5.74, 6) is 0. The summed E-state index contributed by atoms with van der Waals surface area (Å²) in [4.78, 5) is 2.42. The first-order valence-corrected chi connectivity index (χ1v) is 22.1. The molecule has 0 N–H and O–H groups in total. The van der Waals surface area contributed by atoms with E-state index in [0.29, 0.717) is 0 Å². The number of anilines is 3. The van der Waals surface area contributed by atoms with Crippen molar-refractivity contribution in [2.45, 2.75) is 45.4 Å². The molecule has 1 aliphatic rings. The minimum atomic E-state index is -0.139. The first-order chi connectivity index (χ1) is 30.6. The first kappa shape index (κ1) is 38.5. The van der Waals surface area contributed by atoms with Gasteiger partial charge in [-0.3, -0.25) is 0 Å². The highest BCUT2D eigenvalue weighted by atomic mass is 16.3. The number of para-hydroxylation sites is 2. The molecule has 2 heteroatoms. The number of furan rings is 1. The molecule has 11 rings (SSSR count). The van der Waals surface area contributed by atoms with Crippen molar-refractivity contribution >= 4 is 39.0 Å². The van der Waals surface area contributed by atoms with E-state index >= 15 is 0 Å². The van der Waals surface area contributed by atoms with Gasteiger partial charge in [0.05, 0.1) is 5.69 Å². The Labute approximate surface area is 370 Å². The molecule has 10 aromatic rings. The van der Waals surface area contributed by atoms with Crippen LogP contribution in [0.4, 0.5) is 17.1 Å². The molecule has 0 unspecified atom stereocenters. The Morgan fingerprint density at radius 3 is 1.81 bits per heavy atom. The highest BCUT2D eigenvalue weighted by molar-refractivity contribution is 6.12. The van der Waals surface area contributed by atoms with E-state index in [2.05, 4.69) is 240 Å². The summed E-state index contributed by atoms with van der Waals surface area (Å²) in [7, 11) is 0. The topological polar surface area (TPSA) is 16.4 Å². The number of hydrogen-bond acceptors (Lipinski definition) is 2. The summed E-state index contributed by atoms with van der Waals surface area (Å²) in [5.41, 5.74) is 21.3. The van der Waals surface area contributed by atoms with Crippen LogP contribution >= 0.6 is 0 Å². The minimum absolute atomic E-state index is 0.121. The van der Waals surface area contributed by atoms with Gasteiger partial charge in [0.15, 0.2) is 0 Å². The highest BCUT2D eigenvalue weighted by Gasteiger charge is 2.36. The molecule has 0 fully saturated rings. The molecule has 0 saturated heterocycles. The molecule has 304 valence electrons. The van der Waals surface area contributed by atoms with Gasteiger partial charge in [0, 0.05) is 33.1 Å². The fourth-order valence-electron chi connectivity index (χ4n) is 9.86. The lowest BCUT2D eigenvalue weighted by Gasteiger charge is -2.29. The standard InChI is InChI=1S/C61H49NO/c1-60(2,3)46-31-25-42(26-32-46)43-29-35-51-53-38-45(30-36-54(53)61(4,5)55(51)39-43)49-19-9-11-22-56(49)62(47-33-27-41(28-34-47)40-15-7-6-8-16-40)48-18-13-17-44(37-48)50-21-14-24-58-59(50)52-20-10-12-23-57(52)63-58/h6-39H,1-5H3. The van der Waals surface area contributed by atoms with Crippen LogP contribution in [0.1, 0.15) is 51.3 Å². The zero-order valence-electron chi connectivity index (χ0n) is 36.5. The van der Waals surface area contributed by atoms with Crippen LogP contribution in [0, 0.1) is 0 Å². The fourth-order valence-corrected chi connectivity index (χ4v) is 9.86. The predicted molar refractivity (Wildman–Crippen MR) is 266 cm³/mol. The molecule has 0 bridgehead atoms. The van der Waals surface area contributed by atoms with Crippen molar-refractivity contribution in [2.75, 3.05) is 4.90 Å². The van der Waals surface area contributed by atoms with E-state index in [0.717, 1.165) is 50.1 Å². The summed E-state index contributed by atoms with van der Waals surface area (Å²) < 4.78 is 6.34. The van der Waals surface area contributed by atoms with Gasteiger partial charge in [-0.25, -0.2) is 0 Å². The molecule has 1 aromatic heterocycles. The fraction of sp³-hybridized carbons (Fsp3) is 0.115. The van der Waals surface area contributed by atoms with E-state index in [9.17, 15) is 0 Å². The Kier molecular flexibility index (Phi) is 9.10. The van der Waals surface area contributed by atoms with Gasteiger partial charge in [0.25, 0.3) is 0 Å². The van der Waals surface area contributed by atoms with Crippen molar-refractivity contribution in [1.82, 2.24) is 0 Å². The van der Waals surface area contributed by atoms with Crippen LogP contribution in [0.3, 0.4) is 0 Å². The average Bonchev–Trinajstić information content (AvgIpc) is 3.81. The number of fused-ring (bicyclic) bond motifs is 6. The Morgan fingerprint density at radius 2 is 1.00 bits per heavy atom. The maximum Gasteiger partial charge on any atom is 0.136 e. The van der Waals surface area contributed by atoms with Gasteiger partial charge in [0.1, 0.15) is 11.2 Å². The molecule has 63 heavy (non-hydrogen) atoms. The van der Waals surface area contributed by atoms with Gasteiger partial charge in [-0.15, -0.1) is 0 Å². The quantitative estimate of drug-likeness (QED) is 0.159. The van der Waals surface area contributed by atoms with Crippen LogP contribution < -0.4 is 4.90 Å².